The number of aromatic carboxylic acids is 2. The van der Waals surface area contributed by atoms with Gasteiger partial charge in [0.05, 0.1) is 17.2 Å². The molecule has 5 aromatic rings. The number of nitrogens with one attached hydrogen (secondary N) is 1. The molecule has 1 unspecified atom stereocenters. The molecule has 4 N–H and O–H groups in total. The number of Topliss-reactive ketones (excluding diaryl/α,β-unsaturated/α-hetero) is 1. The normalized spacial score (nSPS) is 17.2. The number of carboxylic acid groups (broad SMARTS) is 2. The van der Waals surface area contributed by atoms with E-state index in [0.29, 0.717) is 43.1 Å². The molecule has 0 heterocycles. The molecule has 7 rings (SSSR count). The van der Waals surface area contributed by atoms with Gasteiger partial charge in [-0.25, -0.2) is 9.59 Å². The first-order valence-corrected chi connectivity index (χ1v) is 16.4. The van der Waals surface area contributed by atoms with Crippen LogP contribution < -0.4 is 5.32 Å². The Bertz CT molecular complexity index is 2010. The molecule has 0 saturated heterocycles. The number of ketones is 1. The number of aliphatic hydroxyl groups is 1. The number of fused-ring (bicyclic) bond motifs is 2. The van der Waals surface area contributed by atoms with Crippen LogP contribution in [0.25, 0.3) is 43.1 Å². The Hall–Kier alpha value is -4.56. The first kappa shape index (κ1) is 30.1. The molecule has 0 radical (unpaired) electrons. The first-order valence-electron chi connectivity index (χ1n) is 16.4. The molecule has 8 nitrogen and oxygen atoms in total. The number of hydrogen-bond acceptors (Lipinski definition) is 5. The Morgan fingerprint density at radius 1 is 0.587 bits per heavy atom. The highest BCUT2D eigenvalue weighted by molar-refractivity contribution is 6.38. The summed E-state index contributed by atoms with van der Waals surface area (Å²) >= 11 is 0. The second-order valence-corrected chi connectivity index (χ2v) is 13.2. The quantitative estimate of drug-likeness (QED) is 0.0792. The lowest BCUT2D eigenvalue weighted by Gasteiger charge is -2.26. The highest BCUT2D eigenvalue weighted by Crippen LogP contribution is 2.44. The van der Waals surface area contributed by atoms with E-state index < -0.39 is 18.0 Å². The van der Waals surface area contributed by atoms with Gasteiger partial charge in [-0.3, -0.25) is 9.59 Å². The number of carbonyl (C=O) groups excluding carboxylic acids is 2. The lowest BCUT2D eigenvalue weighted by Crippen LogP contribution is -2.36. The minimum Gasteiger partial charge on any atom is -0.478 e. The third kappa shape index (κ3) is 5.05. The predicted octanol–water partition coefficient (Wildman–Crippen LogP) is 7.71. The third-order valence-electron chi connectivity index (χ3n) is 10.4. The molecule has 2 aliphatic rings. The molecular weight excluding hydrogens is 582 g/mol. The van der Waals surface area contributed by atoms with E-state index in [9.17, 15) is 34.5 Å². The van der Waals surface area contributed by atoms with E-state index in [1.165, 1.54) is 12.1 Å². The minimum absolute atomic E-state index is 0.0126. The second kappa shape index (κ2) is 12.0. The Kier molecular flexibility index (Phi) is 7.85. The summed E-state index contributed by atoms with van der Waals surface area (Å²) < 4.78 is 0. The maximum atomic E-state index is 13.8. The van der Waals surface area contributed by atoms with Gasteiger partial charge in [0.1, 0.15) is 0 Å². The summed E-state index contributed by atoms with van der Waals surface area (Å²) in [5.74, 6) is -2.89. The van der Waals surface area contributed by atoms with Crippen molar-refractivity contribution in [1.82, 2.24) is 5.32 Å². The summed E-state index contributed by atoms with van der Waals surface area (Å²) in [5, 5.41) is 39.1. The van der Waals surface area contributed by atoms with Crippen LogP contribution in [0, 0.1) is 5.92 Å². The molecule has 1 atom stereocenters. The predicted molar refractivity (Wildman–Crippen MR) is 177 cm³/mol. The maximum absolute atomic E-state index is 13.8. The Labute approximate surface area is 265 Å². The average molecular weight is 620 g/mol. The van der Waals surface area contributed by atoms with Crippen LogP contribution in [0.3, 0.4) is 0 Å². The number of rotatable bonds is 8. The van der Waals surface area contributed by atoms with Crippen LogP contribution in [0.4, 0.5) is 0 Å². The van der Waals surface area contributed by atoms with E-state index in [0.717, 1.165) is 64.2 Å². The van der Waals surface area contributed by atoms with Crippen molar-refractivity contribution in [2.75, 3.05) is 0 Å². The van der Waals surface area contributed by atoms with Crippen molar-refractivity contribution < 1.29 is 34.5 Å². The van der Waals surface area contributed by atoms with Crippen molar-refractivity contribution in [1.29, 1.82) is 0 Å². The molecule has 236 valence electrons. The zero-order valence-corrected chi connectivity index (χ0v) is 25.6. The first-order chi connectivity index (χ1) is 22.2. The van der Waals surface area contributed by atoms with Gasteiger partial charge in [0, 0.05) is 34.4 Å². The molecule has 2 aliphatic carbocycles. The van der Waals surface area contributed by atoms with Crippen molar-refractivity contribution in [2.24, 2.45) is 5.92 Å². The van der Waals surface area contributed by atoms with Gasteiger partial charge in [-0.1, -0.05) is 68.9 Å². The standard InChI is InChI=1S/C38H37NO7/c40-30(20-7-3-1-4-8-20)19-31(41)26-15-11-22-25-14-18-29(38(45)46)35-27(36(42)39-21-9-5-2-6-10-21)16-12-23(33(25)35)24-13-17-28(37(43)44)34(26)32(22)24/h11-18,20-21,30,40H,1-10,19H2,(H,39,42)(H,43,44)(H,45,46). The van der Waals surface area contributed by atoms with Gasteiger partial charge < -0.3 is 20.6 Å². The molecule has 8 heteroatoms. The van der Waals surface area contributed by atoms with Crippen LogP contribution >= 0.6 is 0 Å². The molecule has 2 saturated carbocycles. The van der Waals surface area contributed by atoms with Crippen LogP contribution in [0.5, 0.6) is 0 Å². The number of benzene rings is 5. The number of amides is 1. The van der Waals surface area contributed by atoms with Gasteiger partial charge in [-0.15, -0.1) is 0 Å². The van der Waals surface area contributed by atoms with Crippen molar-refractivity contribution in [3.8, 4) is 0 Å². The summed E-state index contributed by atoms with van der Waals surface area (Å²) in [5.41, 5.74) is 0.535. The van der Waals surface area contributed by atoms with E-state index >= 15 is 0 Å². The zero-order valence-electron chi connectivity index (χ0n) is 25.6. The van der Waals surface area contributed by atoms with Crippen LogP contribution in [-0.2, 0) is 0 Å². The summed E-state index contributed by atoms with van der Waals surface area (Å²) in [6, 6.07) is 13.3. The average Bonchev–Trinajstić information content (AvgIpc) is 3.06. The molecule has 0 spiro atoms. The van der Waals surface area contributed by atoms with Gasteiger partial charge >= 0.3 is 11.9 Å². The molecule has 0 bridgehead atoms. The van der Waals surface area contributed by atoms with Gasteiger partial charge in [-0.2, -0.15) is 0 Å². The number of carboxylic acids is 2. The Morgan fingerprint density at radius 3 is 1.52 bits per heavy atom. The van der Waals surface area contributed by atoms with Crippen LogP contribution in [-0.4, -0.2) is 51.1 Å². The molecular formula is C38H37NO7. The fourth-order valence-electron chi connectivity index (χ4n) is 8.16. The van der Waals surface area contributed by atoms with Gasteiger partial charge in [0.25, 0.3) is 5.91 Å². The number of hydrogen-bond donors (Lipinski definition) is 4. The lowest BCUT2D eigenvalue weighted by atomic mass is 9.81. The van der Waals surface area contributed by atoms with Gasteiger partial charge in [-0.05, 0) is 82.1 Å². The van der Waals surface area contributed by atoms with Gasteiger partial charge in [0.15, 0.2) is 5.78 Å². The van der Waals surface area contributed by atoms with E-state index in [2.05, 4.69) is 5.32 Å². The highest BCUT2D eigenvalue weighted by atomic mass is 16.4. The Balaban J connectivity index is 1.45. The third-order valence-corrected chi connectivity index (χ3v) is 10.4. The number of carbonyl (C=O) groups is 4. The monoisotopic (exact) mass is 619 g/mol. The molecule has 0 aromatic heterocycles. The SMILES string of the molecule is O=C(O)c1ccc2c3ccc(C(=O)NC4CCCCC4)c4c(C(=O)O)ccc(c5ccc(C(=O)CC(O)C6CCCCC6)c1c52)c43. The minimum atomic E-state index is -1.17. The fraction of sp³-hybridized carbons (Fsp3) is 0.368. The second-order valence-electron chi connectivity index (χ2n) is 13.2. The highest BCUT2D eigenvalue weighted by Gasteiger charge is 2.29. The summed E-state index contributed by atoms with van der Waals surface area (Å²) in [6.45, 7) is 0. The molecule has 1 amide bonds. The summed E-state index contributed by atoms with van der Waals surface area (Å²) in [6.07, 6.45) is 9.04. The van der Waals surface area contributed by atoms with Crippen LogP contribution in [0.15, 0.2) is 48.5 Å². The largest absolute Gasteiger partial charge is 0.478 e. The maximum Gasteiger partial charge on any atom is 0.336 e. The molecule has 0 aliphatic heterocycles. The van der Waals surface area contributed by atoms with Crippen LogP contribution in [0.2, 0.25) is 0 Å². The fourth-order valence-corrected chi connectivity index (χ4v) is 8.16. The molecule has 2 fully saturated rings. The van der Waals surface area contributed by atoms with Crippen molar-refractivity contribution in [2.45, 2.75) is 82.8 Å². The molecule has 5 aromatic carbocycles. The molecule has 46 heavy (non-hydrogen) atoms. The van der Waals surface area contributed by atoms with E-state index in [1.54, 1.807) is 36.4 Å². The van der Waals surface area contributed by atoms with Gasteiger partial charge in [0.2, 0.25) is 0 Å². The summed E-state index contributed by atoms with van der Waals surface area (Å²) in [7, 11) is 0. The Morgan fingerprint density at radius 2 is 1.02 bits per heavy atom. The lowest BCUT2D eigenvalue weighted by molar-refractivity contribution is 0.0637. The van der Waals surface area contributed by atoms with Crippen LogP contribution in [0.1, 0.15) is 112 Å². The van der Waals surface area contributed by atoms with Crippen molar-refractivity contribution in [3.05, 3.63) is 70.8 Å². The van der Waals surface area contributed by atoms with E-state index in [-0.39, 0.29) is 52.3 Å². The smallest absolute Gasteiger partial charge is 0.336 e. The van der Waals surface area contributed by atoms with E-state index in [1.807, 2.05) is 0 Å². The van der Waals surface area contributed by atoms with E-state index in [4.69, 9.17) is 0 Å². The van der Waals surface area contributed by atoms with Crippen molar-refractivity contribution >= 4 is 66.7 Å². The zero-order chi connectivity index (χ0) is 32.1. The van der Waals surface area contributed by atoms with Crippen molar-refractivity contribution in [3.63, 3.8) is 0 Å². The summed E-state index contributed by atoms with van der Waals surface area (Å²) in [4.78, 5) is 52.6. The topological polar surface area (TPSA) is 141 Å². The number of aliphatic hydroxyl groups excluding tert-OH is 1.